The second-order valence-electron chi connectivity index (χ2n) is 3.57. The van der Waals surface area contributed by atoms with Crippen molar-refractivity contribution in [2.24, 2.45) is 0 Å². The van der Waals surface area contributed by atoms with E-state index in [1.54, 1.807) is 0 Å². The largest absolute Gasteiger partial charge is 0.496 e. The van der Waals surface area contributed by atoms with Crippen LogP contribution >= 0.6 is 0 Å². The van der Waals surface area contributed by atoms with Crippen molar-refractivity contribution in [1.82, 2.24) is 0 Å². The molecule has 1 aliphatic rings. The first kappa shape index (κ1) is 9.32. The Balaban J connectivity index is 2.22. The van der Waals surface area contributed by atoms with E-state index in [1.165, 1.54) is 16.7 Å². The van der Waals surface area contributed by atoms with E-state index in [2.05, 4.69) is 31.2 Å². The van der Waals surface area contributed by atoms with Crippen LogP contribution in [0, 0.1) is 6.92 Å². The van der Waals surface area contributed by atoms with Gasteiger partial charge in [-0.2, -0.15) is 0 Å². The fourth-order valence-corrected chi connectivity index (χ4v) is 1.76. The maximum absolute atomic E-state index is 5.42. The van der Waals surface area contributed by atoms with Gasteiger partial charge in [0.1, 0.15) is 6.61 Å². The molecule has 73 valence electrons. The zero-order valence-corrected chi connectivity index (χ0v) is 8.33. The molecule has 0 aromatic heterocycles. The molecule has 1 heterocycles. The summed E-state index contributed by atoms with van der Waals surface area (Å²) in [5.41, 5.74) is 3.97. The molecule has 1 aromatic carbocycles. The molecule has 0 saturated heterocycles. The summed E-state index contributed by atoms with van der Waals surface area (Å²) in [7, 11) is 0. The summed E-state index contributed by atoms with van der Waals surface area (Å²) in [5.74, 6) is 0. The van der Waals surface area contributed by atoms with E-state index in [0.717, 1.165) is 19.3 Å². The Morgan fingerprint density at radius 3 is 3.00 bits per heavy atom. The summed E-state index contributed by atoms with van der Waals surface area (Å²) >= 11 is 0. The van der Waals surface area contributed by atoms with Crippen molar-refractivity contribution in [3.05, 3.63) is 48.6 Å². The van der Waals surface area contributed by atoms with E-state index >= 15 is 0 Å². The van der Waals surface area contributed by atoms with Gasteiger partial charge in [-0.1, -0.05) is 37.6 Å². The van der Waals surface area contributed by atoms with E-state index in [4.69, 9.17) is 4.74 Å². The second-order valence-corrected chi connectivity index (χ2v) is 3.57. The van der Waals surface area contributed by atoms with E-state index in [1.807, 2.05) is 6.26 Å². The fourth-order valence-electron chi connectivity index (χ4n) is 1.76. The van der Waals surface area contributed by atoms with Gasteiger partial charge < -0.3 is 4.74 Å². The molecule has 1 aromatic rings. The van der Waals surface area contributed by atoms with Crippen molar-refractivity contribution in [1.29, 1.82) is 0 Å². The summed E-state index contributed by atoms with van der Waals surface area (Å²) in [5, 5.41) is 0. The first-order valence-electron chi connectivity index (χ1n) is 5.10. The lowest BCUT2D eigenvalue weighted by atomic mass is 9.96. The number of hydrogen-bond donors (Lipinski definition) is 0. The highest BCUT2D eigenvalue weighted by molar-refractivity contribution is 5.68. The lowest BCUT2D eigenvalue weighted by molar-refractivity contribution is 0.232. The van der Waals surface area contributed by atoms with Crippen molar-refractivity contribution in [3.8, 4) is 0 Å². The minimum atomic E-state index is 0.712. The summed E-state index contributed by atoms with van der Waals surface area (Å²) < 4.78 is 5.42. The molecule has 0 fully saturated rings. The molecule has 0 unspecified atom stereocenters. The molecule has 0 bridgehead atoms. The van der Waals surface area contributed by atoms with Gasteiger partial charge in [0.05, 0.1) is 6.26 Å². The number of benzene rings is 1. The van der Waals surface area contributed by atoms with Crippen LogP contribution in [0.2, 0.25) is 0 Å². The molecule has 0 saturated carbocycles. The standard InChI is InChI=1S/C13H15O/c1-2-3-6-11-9-14-10-12-7-4-5-8-13(11)12/h4-5,7-9H,1-3,6,10H2. The maximum Gasteiger partial charge on any atom is 0.113 e. The highest BCUT2D eigenvalue weighted by atomic mass is 16.5. The van der Waals surface area contributed by atoms with Gasteiger partial charge in [-0.05, 0) is 29.5 Å². The van der Waals surface area contributed by atoms with Crippen LogP contribution in [0.5, 0.6) is 0 Å². The third-order valence-electron chi connectivity index (χ3n) is 2.52. The van der Waals surface area contributed by atoms with E-state index in [9.17, 15) is 0 Å². The molecule has 0 atom stereocenters. The smallest absolute Gasteiger partial charge is 0.113 e. The second kappa shape index (κ2) is 4.32. The Morgan fingerprint density at radius 1 is 1.29 bits per heavy atom. The normalized spacial score (nSPS) is 14.2. The minimum absolute atomic E-state index is 0.712. The number of hydrogen-bond acceptors (Lipinski definition) is 1. The van der Waals surface area contributed by atoms with Crippen LogP contribution in [0.3, 0.4) is 0 Å². The first-order chi connectivity index (χ1) is 6.92. The Labute approximate surface area is 85.4 Å². The first-order valence-corrected chi connectivity index (χ1v) is 5.10. The summed E-state index contributed by atoms with van der Waals surface area (Å²) in [4.78, 5) is 0. The topological polar surface area (TPSA) is 9.23 Å². The zero-order valence-electron chi connectivity index (χ0n) is 8.33. The quantitative estimate of drug-likeness (QED) is 0.703. The van der Waals surface area contributed by atoms with Crippen molar-refractivity contribution >= 4 is 5.57 Å². The summed E-state index contributed by atoms with van der Waals surface area (Å²) in [6.45, 7) is 4.57. The minimum Gasteiger partial charge on any atom is -0.496 e. The van der Waals surface area contributed by atoms with Crippen molar-refractivity contribution in [2.45, 2.75) is 25.9 Å². The number of unbranched alkanes of at least 4 members (excludes halogenated alkanes) is 1. The third-order valence-corrected chi connectivity index (χ3v) is 2.52. The van der Waals surface area contributed by atoms with Crippen LogP contribution in [-0.2, 0) is 11.3 Å². The van der Waals surface area contributed by atoms with Gasteiger partial charge in [0.15, 0.2) is 0 Å². The number of ether oxygens (including phenoxy) is 1. The van der Waals surface area contributed by atoms with Gasteiger partial charge >= 0.3 is 0 Å². The molecule has 1 nitrogen and oxygen atoms in total. The molecule has 0 N–H and O–H groups in total. The van der Waals surface area contributed by atoms with Gasteiger partial charge in [-0.25, -0.2) is 0 Å². The summed E-state index contributed by atoms with van der Waals surface area (Å²) in [6, 6.07) is 8.45. The molecule has 1 heteroatoms. The van der Waals surface area contributed by atoms with Crippen LogP contribution in [0.15, 0.2) is 30.5 Å². The van der Waals surface area contributed by atoms with Gasteiger partial charge in [0.2, 0.25) is 0 Å². The lowest BCUT2D eigenvalue weighted by Gasteiger charge is -2.17. The van der Waals surface area contributed by atoms with Crippen LogP contribution in [0.1, 0.15) is 30.4 Å². The third kappa shape index (κ3) is 1.82. The van der Waals surface area contributed by atoms with Crippen LogP contribution in [0.4, 0.5) is 0 Å². The number of allylic oxidation sites excluding steroid dienone is 1. The van der Waals surface area contributed by atoms with Gasteiger partial charge in [0.25, 0.3) is 0 Å². The summed E-state index contributed by atoms with van der Waals surface area (Å²) in [6.07, 6.45) is 5.08. The van der Waals surface area contributed by atoms with Crippen molar-refractivity contribution in [2.75, 3.05) is 0 Å². The highest BCUT2D eigenvalue weighted by Crippen LogP contribution is 2.28. The Bertz CT molecular complexity index is 339. The number of fused-ring (bicyclic) bond motifs is 1. The van der Waals surface area contributed by atoms with E-state index in [0.29, 0.717) is 6.61 Å². The molecule has 0 spiro atoms. The molecule has 0 amide bonds. The lowest BCUT2D eigenvalue weighted by Crippen LogP contribution is -2.01. The van der Waals surface area contributed by atoms with Crippen LogP contribution in [0.25, 0.3) is 5.57 Å². The van der Waals surface area contributed by atoms with Gasteiger partial charge in [-0.15, -0.1) is 0 Å². The molecular formula is C13H15O. The zero-order chi connectivity index (χ0) is 9.80. The number of rotatable bonds is 3. The molecule has 14 heavy (non-hydrogen) atoms. The Morgan fingerprint density at radius 2 is 2.14 bits per heavy atom. The predicted molar refractivity (Wildman–Crippen MR) is 58.4 cm³/mol. The average molecular weight is 187 g/mol. The monoisotopic (exact) mass is 187 g/mol. The van der Waals surface area contributed by atoms with Gasteiger partial charge in [0, 0.05) is 0 Å². The highest BCUT2D eigenvalue weighted by Gasteiger charge is 2.11. The average Bonchev–Trinajstić information content (AvgIpc) is 2.26. The molecule has 2 rings (SSSR count). The van der Waals surface area contributed by atoms with Crippen LogP contribution in [-0.4, -0.2) is 0 Å². The van der Waals surface area contributed by atoms with Crippen molar-refractivity contribution in [3.63, 3.8) is 0 Å². The Hall–Kier alpha value is -1.24. The fraction of sp³-hybridized carbons (Fsp3) is 0.308. The predicted octanol–water partition coefficient (Wildman–Crippen LogP) is 3.56. The Kier molecular flexibility index (Phi) is 2.87. The molecule has 1 radical (unpaired) electrons. The van der Waals surface area contributed by atoms with Crippen molar-refractivity contribution < 1.29 is 4.74 Å². The molecule has 0 aliphatic carbocycles. The van der Waals surface area contributed by atoms with E-state index in [-0.39, 0.29) is 0 Å². The SMILES string of the molecule is [CH2]CCCC1=COCc2ccccc21. The van der Waals surface area contributed by atoms with E-state index < -0.39 is 0 Å². The van der Waals surface area contributed by atoms with Gasteiger partial charge in [-0.3, -0.25) is 0 Å². The maximum atomic E-state index is 5.42. The van der Waals surface area contributed by atoms with Crippen LogP contribution < -0.4 is 0 Å². The molecular weight excluding hydrogens is 172 g/mol. The molecule has 1 aliphatic heterocycles.